The molecule has 0 bridgehead atoms. The Hall–Kier alpha value is -2.56. The summed E-state index contributed by atoms with van der Waals surface area (Å²) in [5.74, 6) is 0.392. The van der Waals surface area contributed by atoms with Gasteiger partial charge in [-0.05, 0) is 48.7 Å². The fourth-order valence-corrected chi connectivity index (χ4v) is 2.98. The lowest BCUT2D eigenvalue weighted by molar-refractivity contribution is -0.123. The highest BCUT2D eigenvalue weighted by Gasteiger charge is 2.52. The minimum Gasteiger partial charge on any atom is -0.467 e. The van der Waals surface area contributed by atoms with Gasteiger partial charge in [0.1, 0.15) is 11.6 Å². The standard InChI is InChI=1S/C17H15FN2O2/c18-11-3-4-15-13(8-11)14(10-19-15)17(5-6-17)16(21)20-9-12-2-1-7-22-12/h1-4,7-8,10,19H,5-6,9H2,(H,20,21). The van der Waals surface area contributed by atoms with E-state index in [0.717, 1.165) is 29.3 Å². The van der Waals surface area contributed by atoms with Gasteiger partial charge in [0, 0.05) is 17.1 Å². The number of carbonyl (C=O) groups excluding carboxylic acids is 1. The van der Waals surface area contributed by atoms with Gasteiger partial charge in [0.25, 0.3) is 0 Å². The van der Waals surface area contributed by atoms with E-state index in [2.05, 4.69) is 10.3 Å². The van der Waals surface area contributed by atoms with Crippen molar-refractivity contribution in [1.82, 2.24) is 10.3 Å². The highest BCUT2D eigenvalue weighted by molar-refractivity contribution is 5.97. The molecule has 3 aromatic rings. The van der Waals surface area contributed by atoms with Crippen LogP contribution >= 0.6 is 0 Å². The van der Waals surface area contributed by atoms with E-state index in [1.165, 1.54) is 12.1 Å². The lowest BCUT2D eigenvalue weighted by Gasteiger charge is -2.14. The number of aromatic amines is 1. The van der Waals surface area contributed by atoms with Crippen LogP contribution in [-0.2, 0) is 16.8 Å². The average Bonchev–Trinajstić information content (AvgIpc) is 2.97. The molecule has 1 aliphatic rings. The molecule has 1 aliphatic carbocycles. The second-order valence-corrected chi connectivity index (χ2v) is 5.74. The summed E-state index contributed by atoms with van der Waals surface area (Å²) in [6, 6.07) is 8.21. The topological polar surface area (TPSA) is 58.0 Å². The smallest absolute Gasteiger partial charge is 0.231 e. The quantitative estimate of drug-likeness (QED) is 0.777. The molecule has 1 fully saturated rings. The van der Waals surface area contributed by atoms with E-state index >= 15 is 0 Å². The number of H-pyrrole nitrogens is 1. The maximum absolute atomic E-state index is 13.5. The average molecular weight is 298 g/mol. The highest BCUT2D eigenvalue weighted by atomic mass is 19.1. The number of hydrogen-bond donors (Lipinski definition) is 2. The van der Waals surface area contributed by atoms with Gasteiger partial charge in [0.15, 0.2) is 0 Å². The van der Waals surface area contributed by atoms with Crippen molar-refractivity contribution in [2.24, 2.45) is 0 Å². The Morgan fingerprint density at radius 1 is 1.36 bits per heavy atom. The van der Waals surface area contributed by atoms with Crippen molar-refractivity contribution in [2.45, 2.75) is 24.8 Å². The summed E-state index contributed by atoms with van der Waals surface area (Å²) in [4.78, 5) is 15.7. The minimum atomic E-state index is -0.543. The van der Waals surface area contributed by atoms with Crippen LogP contribution in [0.1, 0.15) is 24.2 Å². The van der Waals surface area contributed by atoms with Crippen molar-refractivity contribution >= 4 is 16.8 Å². The van der Waals surface area contributed by atoms with E-state index < -0.39 is 5.41 Å². The van der Waals surface area contributed by atoms with Gasteiger partial charge in [-0.1, -0.05) is 0 Å². The molecule has 4 rings (SSSR count). The van der Waals surface area contributed by atoms with Crippen molar-refractivity contribution < 1.29 is 13.6 Å². The number of nitrogens with one attached hydrogen (secondary N) is 2. The molecular formula is C17H15FN2O2. The molecule has 4 nitrogen and oxygen atoms in total. The molecule has 1 aromatic carbocycles. The van der Waals surface area contributed by atoms with Gasteiger partial charge >= 0.3 is 0 Å². The summed E-state index contributed by atoms with van der Waals surface area (Å²) >= 11 is 0. The fourth-order valence-electron chi connectivity index (χ4n) is 2.98. The zero-order valence-corrected chi connectivity index (χ0v) is 11.9. The number of rotatable bonds is 4. The Labute approximate surface area is 126 Å². The van der Waals surface area contributed by atoms with E-state index in [4.69, 9.17) is 4.42 Å². The van der Waals surface area contributed by atoms with Gasteiger partial charge in [0.05, 0.1) is 18.2 Å². The van der Waals surface area contributed by atoms with Crippen molar-refractivity contribution in [3.8, 4) is 0 Å². The summed E-state index contributed by atoms with van der Waals surface area (Å²) in [6.07, 6.45) is 4.96. The zero-order chi connectivity index (χ0) is 15.2. The largest absolute Gasteiger partial charge is 0.467 e. The number of benzene rings is 1. The molecule has 1 saturated carbocycles. The third kappa shape index (κ3) is 2.01. The van der Waals surface area contributed by atoms with E-state index in [1.807, 2.05) is 12.3 Å². The maximum atomic E-state index is 13.5. The molecule has 0 aliphatic heterocycles. The second kappa shape index (κ2) is 4.73. The Morgan fingerprint density at radius 2 is 2.23 bits per heavy atom. The van der Waals surface area contributed by atoms with Crippen molar-refractivity contribution in [3.63, 3.8) is 0 Å². The predicted molar refractivity (Wildman–Crippen MR) is 79.7 cm³/mol. The summed E-state index contributed by atoms with van der Waals surface area (Å²) in [6.45, 7) is 0.365. The molecule has 0 spiro atoms. The van der Waals surface area contributed by atoms with Gasteiger partial charge in [-0.3, -0.25) is 4.79 Å². The van der Waals surface area contributed by atoms with Crippen molar-refractivity contribution in [1.29, 1.82) is 0 Å². The van der Waals surface area contributed by atoms with Crippen LogP contribution in [0.4, 0.5) is 4.39 Å². The van der Waals surface area contributed by atoms with Crippen LogP contribution in [0.5, 0.6) is 0 Å². The van der Waals surface area contributed by atoms with Gasteiger partial charge in [-0.25, -0.2) is 4.39 Å². The first-order chi connectivity index (χ1) is 10.7. The van der Waals surface area contributed by atoms with Crippen LogP contribution in [-0.4, -0.2) is 10.9 Å². The van der Waals surface area contributed by atoms with E-state index in [1.54, 1.807) is 18.4 Å². The van der Waals surface area contributed by atoms with E-state index in [-0.39, 0.29) is 11.7 Å². The Bertz CT molecular complexity index is 832. The number of furan rings is 1. The number of amides is 1. The molecule has 0 unspecified atom stereocenters. The van der Waals surface area contributed by atoms with Gasteiger partial charge < -0.3 is 14.7 Å². The molecule has 112 valence electrons. The van der Waals surface area contributed by atoms with Crippen LogP contribution in [0.3, 0.4) is 0 Å². The third-order valence-electron chi connectivity index (χ3n) is 4.35. The van der Waals surface area contributed by atoms with Crippen LogP contribution in [0.25, 0.3) is 10.9 Å². The molecule has 5 heteroatoms. The summed E-state index contributed by atoms with van der Waals surface area (Å²) in [5.41, 5.74) is 1.18. The van der Waals surface area contributed by atoms with Gasteiger partial charge in [-0.15, -0.1) is 0 Å². The monoisotopic (exact) mass is 298 g/mol. The number of aromatic nitrogens is 1. The van der Waals surface area contributed by atoms with Crippen LogP contribution in [0, 0.1) is 5.82 Å². The number of fused-ring (bicyclic) bond motifs is 1. The summed E-state index contributed by atoms with van der Waals surface area (Å²) < 4.78 is 18.7. The summed E-state index contributed by atoms with van der Waals surface area (Å²) in [7, 11) is 0. The van der Waals surface area contributed by atoms with Crippen LogP contribution in [0.2, 0.25) is 0 Å². The van der Waals surface area contributed by atoms with Crippen molar-refractivity contribution in [3.05, 3.63) is 59.9 Å². The van der Waals surface area contributed by atoms with Gasteiger partial charge in [0.2, 0.25) is 5.91 Å². The van der Waals surface area contributed by atoms with Crippen LogP contribution in [0.15, 0.2) is 47.2 Å². The molecule has 0 atom stereocenters. The maximum Gasteiger partial charge on any atom is 0.231 e. The zero-order valence-electron chi connectivity index (χ0n) is 11.9. The number of hydrogen-bond acceptors (Lipinski definition) is 2. The van der Waals surface area contributed by atoms with Gasteiger partial charge in [-0.2, -0.15) is 0 Å². The Morgan fingerprint density at radius 3 is 2.95 bits per heavy atom. The normalized spacial score (nSPS) is 15.9. The number of carbonyl (C=O) groups is 1. The first-order valence-corrected chi connectivity index (χ1v) is 7.27. The molecule has 22 heavy (non-hydrogen) atoms. The predicted octanol–water partition coefficient (Wildman–Crippen LogP) is 3.25. The first kappa shape index (κ1) is 13.1. The molecule has 0 radical (unpaired) electrons. The third-order valence-corrected chi connectivity index (χ3v) is 4.35. The lowest BCUT2D eigenvalue weighted by atomic mass is 9.94. The minimum absolute atomic E-state index is 0.0333. The summed E-state index contributed by atoms with van der Waals surface area (Å²) in [5, 5.41) is 3.70. The SMILES string of the molecule is O=C(NCc1ccco1)C1(c2c[nH]c3ccc(F)cc23)CC1. The molecule has 2 heterocycles. The molecule has 0 saturated heterocycles. The molecular weight excluding hydrogens is 283 g/mol. The highest BCUT2D eigenvalue weighted by Crippen LogP contribution is 2.50. The van der Waals surface area contributed by atoms with E-state index in [9.17, 15) is 9.18 Å². The first-order valence-electron chi connectivity index (χ1n) is 7.27. The van der Waals surface area contributed by atoms with E-state index in [0.29, 0.717) is 12.3 Å². The molecule has 1 amide bonds. The van der Waals surface area contributed by atoms with Crippen LogP contribution < -0.4 is 5.32 Å². The number of halogens is 1. The Kier molecular flexibility index (Phi) is 2.82. The fraction of sp³-hybridized carbons (Fsp3) is 0.235. The van der Waals surface area contributed by atoms with Crippen molar-refractivity contribution in [2.75, 3.05) is 0 Å². The molecule has 2 aromatic heterocycles. The second-order valence-electron chi connectivity index (χ2n) is 5.74. The molecule has 2 N–H and O–H groups in total. The Balaban J connectivity index is 1.62. The lowest BCUT2D eigenvalue weighted by Crippen LogP contribution is -2.34.